The van der Waals surface area contributed by atoms with Gasteiger partial charge in [-0.2, -0.15) is 0 Å². The summed E-state index contributed by atoms with van der Waals surface area (Å²) in [7, 11) is 0. The number of nitrogens with zero attached hydrogens (tertiary/aromatic N) is 1. The van der Waals surface area contributed by atoms with Crippen molar-refractivity contribution in [3.05, 3.63) is 17.0 Å². The second kappa shape index (κ2) is 2.57. The molecule has 72 valence electrons. The lowest BCUT2D eigenvalue weighted by molar-refractivity contribution is -0.123. The minimum Gasteiger partial charge on any atom is -0.326 e. The zero-order chi connectivity index (χ0) is 9.71. The molecule has 5 heteroatoms. The largest absolute Gasteiger partial charge is 0.326 e. The van der Waals surface area contributed by atoms with Gasteiger partial charge in [0.1, 0.15) is 11.0 Å². The van der Waals surface area contributed by atoms with Crippen LogP contribution in [0.2, 0.25) is 0 Å². The average Bonchev–Trinajstić information content (AvgIpc) is 2.46. The van der Waals surface area contributed by atoms with Crippen molar-refractivity contribution in [2.75, 3.05) is 11.9 Å². The third kappa shape index (κ3) is 0.874. The number of nitrogens with one attached hydrogen (secondary N) is 1. The van der Waals surface area contributed by atoms with E-state index >= 15 is 0 Å². The van der Waals surface area contributed by atoms with Crippen LogP contribution in [0.15, 0.2) is 11.4 Å². The highest BCUT2D eigenvalue weighted by atomic mass is 32.1. The molecule has 1 N–H and O–H groups in total. The molecule has 3 rings (SSSR count). The Bertz CT molecular complexity index is 426. The van der Waals surface area contributed by atoms with E-state index in [1.54, 1.807) is 11.0 Å². The summed E-state index contributed by atoms with van der Waals surface area (Å²) < 4.78 is 0. The number of rotatable bonds is 0. The maximum absolute atomic E-state index is 11.8. The smallest absolute Gasteiger partial charge is 0.257 e. The lowest BCUT2D eigenvalue weighted by atomic mass is 10.0. The Labute approximate surface area is 84.5 Å². The van der Waals surface area contributed by atoms with Crippen LogP contribution >= 0.6 is 11.3 Å². The number of amides is 2. The van der Waals surface area contributed by atoms with Gasteiger partial charge >= 0.3 is 0 Å². The third-order valence-electron chi connectivity index (χ3n) is 2.72. The van der Waals surface area contributed by atoms with Gasteiger partial charge in [-0.1, -0.05) is 0 Å². The lowest BCUT2D eigenvalue weighted by Crippen LogP contribution is -2.55. The highest BCUT2D eigenvalue weighted by molar-refractivity contribution is 7.14. The zero-order valence-electron chi connectivity index (χ0n) is 7.32. The molecular weight excluding hydrogens is 200 g/mol. The molecule has 1 fully saturated rings. The van der Waals surface area contributed by atoms with Gasteiger partial charge in [0.05, 0.1) is 5.56 Å². The number of carbonyl (C=O) groups excluding carboxylic acids is 2. The summed E-state index contributed by atoms with van der Waals surface area (Å²) in [6.07, 6.45) is 0.784. The van der Waals surface area contributed by atoms with Crippen LogP contribution in [-0.4, -0.2) is 29.3 Å². The fraction of sp³-hybridized carbons (Fsp3) is 0.333. The molecule has 14 heavy (non-hydrogen) atoms. The van der Waals surface area contributed by atoms with E-state index in [0.717, 1.165) is 6.42 Å². The van der Waals surface area contributed by atoms with Gasteiger partial charge in [-0.25, -0.2) is 0 Å². The van der Waals surface area contributed by atoms with E-state index in [0.29, 0.717) is 17.1 Å². The summed E-state index contributed by atoms with van der Waals surface area (Å²) in [6, 6.07) is 1.53. The highest BCUT2D eigenvalue weighted by Gasteiger charge is 2.41. The Morgan fingerprint density at radius 2 is 2.36 bits per heavy atom. The number of anilines is 1. The number of carbonyl (C=O) groups is 2. The van der Waals surface area contributed by atoms with E-state index in [2.05, 4.69) is 5.32 Å². The first-order valence-corrected chi connectivity index (χ1v) is 5.34. The monoisotopic (exact) mass is 208 g/mol. The first-order chi connectivity index (χ1) is 6.77. The number of fused-ring (bicyclic) bond motifs is 2. The standard InChI is InChI=1S/C9H8N2O2S/c12-7-6-1-3-11(6)9(13)5-2-4-14-8(5)10-7/h2,4,6H,1,3H2,(H,10,12)/t6-/m0/s1. The maximum atomic E-state index is 11.8. The fourth-order valence-electron chi connectivity index (χ4n) is 1.83. The Morgan fingerprint density at radius 3 is 3.07 bits per heavy atom. The Hall–Kier alpha value is -1.36. The van der Waals surface area contributed by atoms with E-state index in [9.17, 15) is 9.59 Å². The maximum Gasteiger partial charge on any atom is 0.257 e. The van der Waals surface area contributed by atoms with E-state index in [1.165, 1.54) is 11.3 Å². The van der Waals surface area contributed by atoms with Crippen LogP contribution in [-0.2, 0) is 4.79 Å². The third-order valence-corrected chi connectivity index (χ3v) is 3.55. The normalized spacial score (nSPS) is 24.6. The van der Waals surface area contributed by atoms with E-state index in [-0.39, 0.29) is 17.9 Å². The summed E-state index contributed by atoms with van der Waals surface area (Å²) in [5, 5.41) is 5.29. The summed E-state index contributed by atoms with van der Waals surface area (Å²) in [4.78, 5) is 25.1. The van der Waals surface area contributed by atoms with Gasteiger partial charge in [-0.15, -0.1) is 11.3 Å². The van der Waals surface area contributed by atoms with Crippen LogP contribution in [0.5, 0.6) is 0 Å². The van der Waals surface area contributed by atoms with Crippen LogP contribution in [0.4, 0.5) is 5.00 Å². The van der Waals surface area contributed by atoms with Crippen molar-refractivity contribution in [3.63, 3.8) is 0 Å². The van der Waals surface area contributed by atoms with Crippen molar-refractivity contribution in [3.8, 4) is 0 Å². The molecule has 0 aromatic carbocycles. The molecule has 2 aliphatic heterocycles. The van der Waals surface area contributed by atoms with Crippen molar-refractivity contribution >= 4 is 28.2 Å². The summed E-state index contributed by atoms with van der Waals surface area (Å²) >= 11 is 1.40. The minimum atomic E-state index is -0.234. The number of thiophene rings is 1. The molecule has 1 saturated heterocycles. The first kappa shape index (κ1) is 7.99. The Balaban J connectivity index is 2.10. The van der Waals surface area contributed by atoms with Gasteiger partial charge in [-0.3, -0.25) is 9.59 Å². The average molecular weight is 208 g/mol. The van der Waals surface area contributed by atoms with Crippen molar-refractivity contribution in [2.45, 2.75) is 12.5 Å². The van der Waals surface area contributed by atoms with Crippen LogP contribution in [0.25, 0.3) is 0 Å². The molecule has 1 aromatic heterocycles. The molecule has 0 radical (unpaired) electrons. The molecule has 0 unspecified atom stereocenters. The predicted octanol–water partition coefficient (Wildman–Crippen LogP) is 0.915. The van der Waals surface area contributed by atoms with Crippen LogP contribution in [0.3, 0.4) is 0 Å². The van der Waals surface area contributed by atoms with Crippen LogP contribution in [0, 0.1) is 0 Å². The van der Waals surface area contributed by atoms with Crippen molar-refractivity contribution in [1.29, 1.82) is 0 Å². The summed E-state index contributed by atoms with van der Waals surface area (Å²) in [5.74, 6) is -0.0679. The summed E-state index contributed by atoms with van der Waals surface area (Å²) in [5.41, 5.74) is 0.630. The number of hydrogen-bond acceptors (Lipinski definition) is 3. The van der Waals surface area contributed by atoms with E-state index < -0.39 is 0 Å². The van der Waals surface area contributed by atoms with Crippen LogP contribution < -0.4 is 5.32 Å². The number of hydrogen-bond donors (Lipinski definition) is 1. The first-order valence-electron chi connectivity index (χ1n) is 4.47. The topological polar surface area (TPSA) is 49.4 Å². The van der Waals surface area contributed by atoms with Gasteiger partial charge in [0.15, 0.2) is 0 Å². The molecule has 0 spiro atoms. The SMILES string of the molecule is O=C1Nc2sccc2C(=O)N2CC[C@@H]12. The van der Waals surface area contributed by atoms with Crippen molar-refractivity contribution in [1.82, 2.24) is 4.90 Å². The van der Waals surface area contributed by atoms with Gasteiger partial charge in [0.25, 0.3) is 5.91 Å². The Morgan fingerprint density at radius 1 is 1.50 bits per heavy atom. The molecule has 2 amide bonds. The second-order valence-electron chi connectivity index (χ2n) is 3.46. The summed E-state index contributed by atoms with van der Waals surface area (Å²) in [6.45, 7) is 0.701. The quantitative estimate of drug-likeness (QED) is 0.689. The molecule has 2 aliphatic rings. The van der Waals surface area contributed by atoms with Crippen molar-refractivity contribution < 1.29 is 9.59 Å². The van der Waals surface area contributed by atoms with Crippen molar-refractivity contribution in [2.24, 2.45) is 0 Å². The fourth-order valence-corrected chi connectivity index (χ4v) is 2.61. The van der Waals surface area contributed by atoms with E-state index in [1.807, 2.05) is 5.38 Å². The molecule has 0 saturated carbocycles. The molecule has 1 atom stereocenters. The molecule has 0 bridgehead atoms. The molecule has 4 nitrogen and oxygen atoms in total. The van der Waals surface area contributed by atoms with Gasteiger partial charge in [0.2, 0.25) is 5.91 Å². The molecule has 0 aliphatic carbocycles. The minimum absolute atomic E-state index is 0.0177. The van der Waals surface area contributed by atoms with Crippen LogP contribution in [0.1, 0.15) is 16.8 Å². The van der Waals surface area contributed by atoms with Gasteiger partial charge in [-0.05, 0) is 17.9 Å². The van der Waals surface area contributed by atoms with Gasteiger partial charge < -0.3 is 10.2 Å². The molecule has 1 aromatic rings. The zero-order valence-corrected chi connectivity index (χ0v) is 8.13. The molecule has 3 heterocycles. The van der Waals surface area contributed by atoms with Gasteiger partial charge in [0, 0.05) is 6.54 Å². The Kier molecular flexibility index (Phi) is 1.47. The highest BCUT2D eigenvalue weighted by Crippen LogP contribution is 2.32. The van der Waals surface area contributed by atoms with E-state index in [4.69, 9.17) is 0 Å². The molecular formula is C9H8N2O2S. The lowest BCUT2D eigenvalue weighted by Gasteiger charge is -2.37. The second-order valence-corrected chi connectivity index (χ2v) is 4.37. The predicted molar refractivity (Wildman–Crippen MR) is 52.4 cm³/mol.